The molecule has 226 valence electrons. The molecule has 2 bridgehead atoms. The van der Waals surface area contributed by atoms with Crippen molar-refractivity contribution in [1.82, 2.24) is 24.6 Å². The number of likely N-dealkylation sites (N-methyl/N-ethyl adjacent to an activating group) is 1. The van der Waals surface area contributed by atoms with Crippen molar-refractivity contribution in [3.05, 3.63) is 40.7 Å². The third-order valence-electron chi connectivity index (χ3n) is 8.21. The van der Waals surface area contributed by atoms with Gasteiger partial charge in [-0.05, 0) is 76.3 Å². The number of nitrogens with zero attached hydrogens (tertiary/aromatic N) is 5. The summed E-state index contributed by atoms with van der Waals surface area (Å²) >= 11 is 6.45. The molecule has 13 heteroatoms. The maximum Gasteiger partial charge on any atom is 0.229 e. The molecule has 3 atom stereocenters. The fourth-order valence-corrected chi connectivity index (χ4v) is 7.08. The highest BCUT2D eigenvalue weighted by Gasteiger charge is 2.38. The molecule has 3 aromatic rings. The summed E-state index contributed by atoms with van der Waals surface area (Å²) in [5.41, 5.74) is 3.54. The van der Waals surface area contributed by atoms with Crippen LogP contribution >= 0.6 is 11.6 Å². The van der Waals surface area contributed by atoms with Gasteiger partial charge in [-0.25, -0.2) is 13.4 Å². The summed E-state index contributed by atoms with van der Waals surface area (Å²) in [6, 6.07) is 4.30. The smallest absolute Gasteiger partial charge is 0.229 e. The number of halogens is 1. The molecule has 4 aliphatic rings. The first-order chi connectivity index (χ1) is 20.0. The van der Waals surface area contributed by atoms with Crippen molar-refractivity contribution in [2.75, 3.05) is 37.4 Å². The van der Waals surface area contributed by atoms with Crippen LogP contribution < -0.4 is 15.4 Å². The van der Waals surface area contributed by atoms with Crippen LogP contribution in [0.2, 0.25) is 5.02 Å². The molecule has 0 spiro atoms. The number of benzene rings is 1. The maximum atomic E-state index is 12.9. The predicted octanol–water partition coefficient (Wildman–Crippen LogP) is 4.82. The van der Waals surface area contributed by atoms with Crippen LogP contribution in [0.4, 0.5) is 23.1 Å². The second-order valence-corrected chi connectivity index (χ2v) is 14.9. The quantitative estimate of drug-likeness (QED) is 0.346. The van der Waals surface area contributed by atoms with Crippen molar-refractivity contribution >= 4 is 44.6 Å². The summed E-state index contributed by atoms with van der Waals surface area (Å²) in [6.45, 7) is 8.14. The van der Waals surface area contributed by atoms with Crippen molar-refractivity contribution in [2.45, 2.75) is 68.4 Å². The fraction of sp³-hybridized carbons (Fsp3) is 0.552. The van der Waals surface area contributed by atoms with E-state index < -0.39 is 15.1 Å². The minimum atomic E-state index is -3.64. The molecule has 0 radical (unpaired) electrons. The van der Waals surface area contributed by atoms with Gasteiger partial charge in [0.05, 0.1) is 41.6 Å². The van der Waals surface area contributed by atoms with Crippen molar-refractivity contribution in [3.8, 4) is 5.75 Å². The molecule has 11 nitrogen and oxygen atoms in total. The summed E-state index contributed by atoms with van der Waals surface area (Å²) in [6.07, 6.45) is 6.59. The van der Waals surface area contributed by atoms with Gasteiger partial charge < -0.3 is 25.0 Å². The van der Waals surface area contributed by atoms with Gasteiger partial charge >= 0.3 is 0 Å². The lowest BCUT2D eigenvalue weighted by atomic mass is 9.79. The van der Waals surface area contributed by atoms with E-state index in [1.54, 1.807) is 27.1 Å². The number of rotatable bonds is 9. The Morgan fingerprint density at radius 1 is 1.14 bits per heavy atom. The predicted molar refractivity (Wildman–Crippen MR) is 162 cm³/mol. The zero-order valence-corrected chi connectivity index (χ0v) is 26.2. The number of hydrogen-bond acceptors (Lipinski definition) is 10. The number of aromatic nitrogens is 4. The summed E-state index contributed by atoms with van der Waals surface area (Å²) in [4.78, 5) is 11.4. The Labute approximate surface area is 251 Å². The van der Waals surface area contributed by atoms with Gasteiger partial charge in [0, 0.05) is 32.3 Å². The Kier molecular flexibility index (Phi) is 7.84. The molecule has 1 aromatic carbocycles. The van der Waals surface area contributed by atoms with E-state index in [9.17, 15) is 8.42 Å². The van der Waals surface area contributed by atoms with Gasteiger partial charge in [0.25, 0.3) is 0 Å². The maximum absolute atomic E-state index is 12.9. The van der Waals surface area contributed by atoms with E-state index in [-0.39, 0.29) is 28.1 Å². The lowest BCUT2D eigenvalue weighted by molar-refractivity contribution is -0.00609. The van der Waals surface area contributed by atoms with Gasteiger partial charge in [0.15, 0.2) is 5.82 Å². The number of fused-ring (bicyclic) bond motifs is 4. The van der Waals surface area contributed by atoms with Gasteiger partial charge in [0.1, 0.15) is 10.8 Å². The number of nitrogens with one attached hydrogen (secondary N) is 2. The fourth-order valence-electron chi connectivity index (χ4n) is 5.84. The van der Waals surface area contributed by atoms with Crippen LogP contribution in [0.3, 0.4) is 0 Å². The third kappa shape index (κ3) is 5.95. The van der Waals surface area contributed by atoms with Crippen LogP contribution in [0.15, 0.2) is 29.6 Å². The van der Waals surface area contributed by atoms with Crippen molar-refractivity contribution in [1.29, 1.82) is 0 Å². The molecule has 3 aliphatic heterocycles. The SMILES string of the molecule is Cc1cc(Nc2ncc(Cl)c(Nc3cn(C)nc3S(=O)(=O)C(C)C)n2)c(OC2CC2)cc1C1CC2CN(C)CC1CO2. The largest absolute Gasteiger partial charge is 0.488 e. The Morgan fingerprint density at radius 3 is 2.67 bits per heavy atom. The average Bonchev–Trinajstić information content (AvgIpc) is 3.72. The van der Waals surface area contributed by atoms with Crippen LogP contribution in [0.5, 0.6) is 5.75 Å². The van der Waals surface area contributed by atoms with Crippen molar-refractivity contribution in [2.24, 2.45) is 13.0 Å². The Hall–Kier alpha value is -2.93. The minimum Gasteiger partial charge on any atom is -0.488 e. The van der Waals surface area contributed by atoms with Crippen molar-refractivity contribution < 1.29 is 17.9 Å². The Morgan fingerprint density at radius 2 is 1.93 bits per heavy atom. The molecule has 7 rings (SSSR count). The molecule has 2 N–H and O–H groups in total. The summed E-state index contributed by atoms with van der Waals surface area (Å²) < 4.78 is 39.8. The van der Waals surface area contributed by atoms with Crippen LogP contribution in [-0.4, -0.2) is 77.3 Å². The molecular weight excluding hydrogens is 578 g/mol. The number of hydrogen-bond donors (Lipinski definition) is 2. The highest BCUT2D eigenvalue weighted by atomic mass is 35.5. The normalized spacial score (nSPS) is 22.8. The van der Waals surface area contributed by atoms with E-state index in [0.29, 0.717) is 23.5 Å². The van der Waals surface area contributed by atoms with Gasteiger partial charge in [-0.15, -0.1) is 0 Å². The molecule has 1 aliphatic carbocycles. The van der Waals surface area contributed by atoms with Gasteiger partial charge in [-0.2, -0.15) is 10.1 Å². The Bertz CT molecular complexity index is 1590. The number of ether oxygens (including phenoxy) is 2. The van der Waals surface area contributed by atoms with Crippen LogP contribution in [-0.2, 0) is 21.6 Å². The minimum absolute atomic E-state index is 0.0562. The molecular formula is C29H38ClN7O4S. The van der Waals surface area contributed by atoms with Crippen molar-refractivity contribution in [3.63, 3.8) is 0 Å². The van der Waals surface area contributed by atoms with E-state index >= 15 is 0 Å². The zero-order valence-electron chi connectivity index (χ0n) is 24.6. The first kappa shape index (κ1) is 29.2. The second kappa shape index (κ2) is 11.3. The van der Waals surface area contributed by atoms with Gasteiger partial charge in [-0.1, -0.05) is 11.6 Å². The summed E-state index contributed by atoms with van der Waals surface area (Å²) in [7, 11) is 0.197. The molecule has 3 unspecified atom stereocenters. The number of aryl methyl sites for hydroxylation is 2. The lowest BCUT2D eigenvalue weighted by Crippen LogP contribution is -2.31. The highest BCUT2D eigenvalue weighted by Crippen LogP contribution is 2.44. The molecule has 42 heavy (non-hydrogen) atoms. The molecule has 3 saturated heterocycles. The van der Waals surface area contributed by atoms with Gasteiger partial charge in [-0.3, -0.25) is 4.68 Å². The monoisotopic (exact) mass is 615 g/mol. The van der Waals surface area contributed by atoms with Crippen LogP contribution in [0.25, 0.3) is 0 Å². The van der Waals surface area contributed by atoms with Crippen LogP contribution in [0, 0.1) is 12.8 Å². The number of sulfone groups is 1. The van der Waals surface area contributed by atoms with E-state index in [2.05, 4.69) is 56.7 Å². The summed E-state index contributed by atoms with van der Waals surface area (Å²) in [5, 5.41) is 10.1. The molecule has 1 saturated carbocycles. The molecule has 4 fully saturated rings. The summed E-state index contributed by atoms with van der Waals surface area (Å²) in [5.74, 6) is 2.18. The third-order valence-corrected chi connectivity index (χ3v) is 10.6. The van der Waals surface area contributed by atoms with E-state index in [0.717, 1.165) is 50.4 Å². The topological polar surface area (TPSA) is 124 Å². The average molecular weight is 616 g/mol. The Balaban J connectivity index is 1.30. The van der Waals surface area contributed by atoms with Gasteiger partial charge in [0.2, 0.25) is 20.8 Å². The highest BCUT2D eigenvalue weighted by molar-refractivity contribution is 7.92. The molecule has 0 amide bonds. The van der Waals surface area contributed by atoms with Crippen LogP contribution in [0.1, 0.15) is 50.2 Å². The second-order valence-electron chi connectivity index (χ2n) is 12.1. The zero-order chi connectivity index (χ0) is 29.8. The lowest BCUT2D eigenvalue weighted by Gasteiger charge is -2.34. The molecule has 2 aromatic heterocycles. The first-order valence-corrected chi connectivity index (χ1v) is 16.4. The van der Waals surface area contributed by atoms with E-state index in [4.69, 9.17) is 21.1 Å². The number of anilines is 4. The van der Waals surface area contributed by atoms with E-state index in [1.165, 1.54) is 22.0 Å². The molecule has 5 heterocycles. The standard InChI is InChI=1S/C29H38ClN7O4S/c1-16(2)42(38,39)28-25(14-37(5)35-28)32-27-23(30)11-31-29(34-27)33-24-8-17(3)21(10-26(24)41-19-6-7-19)22-9-20-13-36(4)12-18(22)15-40-20/h8,10-11,14,16,18-20,22H,6-7,9,12-13,15H2,1-5H3,(H2,31,32,33,34). The van der Waals surface area contributed by atoms with E-state index in [1.807, 2.05) is 0 Å². The first-order valence-electron chi connectivity index (χ1n) is 14.4.